The first-order valence-electron chi connectivity index (χ1n) is 10.3. The molecule has 172 valence electrons. The second kappa shape index (κ2) is 9.50. The minimum absolute atomic E-state index is 0.00232. The van der Waals surface area contributed by atoms with Crippen molar-refractivity contribution >= 4 is 23.2 Å². The van der Waals surface area contributed by atoms with Crippen LogP contribution in [0.4, 0.5) is 24.5 Å². The largest absolute Gasteiger partial charge is 0.573 e. The minimum Gasteiger partial charge on any atom is -0.406 e. The van der Waals surface area contributed by atoms with Crippen LogP contribution in [0.15, 0.2) is 30.3 Å². The van der Waals surface area contributed by atoms with E-state index in [0.29, 0.717) is 30.6 Å². The Morgan fingerprint density at radius 2 is 1.75 bits per heavy atom. The molecule has 9 heteroatoms. The number of aryl methyl sites for hydroxylation is 4. The number of hydrogen-bond donors (Lipinski definition) is 2. The van der Waals surface area contributed by atoms with Crippen LogP contribution in [0.25, 0.3) is 0 Å². The fourth-order valence-corrected chi connectivity index (χ4v) is 3.98. The third kappa shape index (κ3) is 6.15. The fourth-order valence-electron chi connectivity index (χ4n) is 3.98. The molecule has 0 fully saturated rings. The van der Waals surface area contributed by atoms with E-state index in [4.69, 9.17) is 0 Å². The fraction of sp³-hybridized carbons (Fsp3) is 0.391. The number of nitrogens with one attached hydrogen (secondary N) is 2. The van der Waals surface area contributed by atoms with Crippen molar-refractivity contribution in [2.45, 2.75) is 40.0 Å². The summed E-state index contributed by atoms with van der Waals surface area (Å²) >= 11 is 0. The summed E-state index contributed by atoms with van der Waals surface area (Å²) in [6.07, 6.45) is -3.46. The Balaban J connectivity index is 1.56. The predicted octanol–water partition coefficient (Wildman–Crippen LogP) is 4.02. The lowest BCUT2D eigenvalue weighted by Gasteiger charge is -2.31. The van der Waals surface area contributed by atoms with Crippen LogP contribution in [0.3, 0.4) is 0 Å². The van der Waals surface area contributed by atoms with E-state index in [-0.39, 0.29) is 30.7 Å². The first-order valence-corrected chi connectivity index (χ1v) is 10.3. The van der Waals surface area contributed by atoms with E-state index in [1.165, 1.54) is 18.2 Å². The molecule has 0 aliphatic carbocycles. The zero-order valence-electron chi connectivity index (χ0n) is 18.2. The van der Waals surface area contributed by atoms with E-state index >= 15 is 0 Å². The smallest absolute Gasteiger partial charge is 0.406 e. The van der Waals surface area contributed by atoms with Gasteiger partial charge in [-0.3, -0.25) is 9.59 Å². The lowest BCUT2D eigenvalue weighted by Crippen LogP contribution is -2.42. The number of alkyl halides is 3. The van der Waals surface area contributed by atoms with Crippen LogP contribution in [-0.4, -0.2) is 37.8 Å². The molecule has 2 aromatic carbocycles. The molecule has 2 aromatic rings. The molecule has 1 aliphatic heterocycles. The van der Waals surface area contributed by atoms with E-state index < -0.39 is 6.36 Å². The average Bonchev–Trinajstić information content (AvgIpc) is 2.68. The molecule has 1 aliphatic rings. The van der Waals surface area contributed by atoms with Crippen molar-refractivity contribution in [3.63, 3.8) is 0 Å². The van der Waals surface area contributed by atoms with Gasteiger partial charge in [0, 0.05) is 17.9 Å². The maximum atomic E-state index is 12.5. The van der Waals surface area contributed by atoms with Gasteiger partial charge in [0.1, 0.15) is 5.75 Å². The summed E-state index contributed by atoms with van der Waals surface area (Å²) in [6.45, 7) is 6.22. The van der Waals surface area contributed by atoms with Gasteiger partial charge in [-0.15, -0.1) is 13.2 Å². The standard InChI is InChI=1S/C23H26F3N3O3/c1-14-9-15(2)22(16(3)10-14)28-20(30)12-27-21(31)13-29-8-4-5-17-11-18(6-7-19(17)29)32-23(24,25)26/h6-7,9-11H,4-5,8,12-13H2,1-3H3,(H,27,31)(H,28,30). The van der Waals surface area contributed by atoms with E-state index in [0.717, 1.165) is 22.4 Å². The zero-order valence-corrected chi connectivity index (χ0v) is 18.2. The summed E-state index contributed by atoms with van der Waals surface area (Å²) in [5.74, 6) is -0.955. The van der Waals surface area contributed by atoms with Gasteiger partial charge >= 0.3 is 6.36 Å². The van der Waals surface area contributed by atoms with Crippen molar-refractivity contribution in [3.05, 3.63) is 52.6 Å². The highest BCUT2D eigenvalue weighted by molar-refractivity contribution is 5.96. The Bertz CT molecular complexity index is 998. The summed E-state index contributed by atoms with van der Waals surface area (Å²) in [5, 5.41) is 5.44. The molecule has 2 amide bonds. The van der Waals surface area contributed by atoms with E-state index in [2.05, 4.69) is 15.4 Å². The average molecular weight is 449 g/mol. The van der Waals surface area contributed by atoms with Crippen LogP contribution in [0.2, 0.25) is 0 Å². The van der Waals surface area contributed by atoms with E-state index in [1.807, 2.05) is 32.9 Å². The van der Waals surface area contributed by atoms with Crippen LogP contribution in [-0.2, 0) is 16.0 Å². The third-order valence-electron chi connectivity index (χ3n) is 5.22. The number of anilines is 2. The van der Waals surface area contributed by atoms with Gasteiger partial charge < -0.3 is 20.3 Å². The highest BCUT2D eigenvalue weighted by Gasteiger charge is 2.31. The number of amides is 2. The summed E-state index contributed by atoms with van der Waals surface area (Å²) in [6, 6.07) is 8.06. The Kier molecular flexibility index (Phi) is 6.96. The highest BCUT2D eigenvalue weighted by Crippen LogP contribution is 2.32. The Morgan fingerprint density at radius 1 is 1.06 bits per heavy atom. The zero-order chi connectivity index (χ0) is 23.5. The van der Waals surface area contributed by atoms with Crippen LogP contribution in [0, 0.1) is 20.8 Å². The summed E-state index contributed by atoms with van der Waals surface area (Å²) in [7, 11) is 0. The number of carbonyl (C=O) groups excluding carboxylic acids is 2. The van der Waals surface area contributed by atoms with Crippen LogP contribution in [0.1, 0.15) is 28.7 Å². The monoisotopic (exact) mass is 449 g/mol. The van der Waals surface area contributed by atoms with Crippen LogP contribution in [0.5, 0.6) is 5.75 Å². The van der Waals surface area contributed by atoms with E-state index in [1.54, 1.807) is 4.90 Å². The molecule has 0 unspecified atom stereocenters. The Morgan fingerprint density at radius 3 is 2.41 bits per heavy atom. The van der Waals surface area contributed by atoms with Crippen molar-refractivity contribution in [2.24, 2.45) is 0 Å². The number of halogens is 3. The van der Waals surface area contributed by atoms with Gasteiger partial charge in [-0.05, 0) is 68.5 Å². The molecular weight excluding hydrogens is 423 g/mol. The van der Waals surface area contributed by atoms with Gasteiger partial charge in [0.15, 0.2) is 0 Å². The summed E-state index contributed by atoms with van der Waals surface area (Å²) < 4.78 is 41.3. The quantitative estimate of drug-likeness (QED) is 0.699. The summed E-state index contributed by atoms with van der Waals surface area (Å²) in [4.78, 5) is 26.5. The minimum atomic E-state index is -4.75. The van der Waals surface area contributed by atoms with Gasteiger partial charge in [0.25, 0.3) is 0 Å². The normalized spacial score (nSPS) is 13.4. The highest BCUT2D eigenvalue weighted by atomic mass is 19.4. The van der Waals surface area contributed by atoms with Crippen LogP contribution < -0.4 is 20.3 Å². The predicted molar refractivity (Wildman–Crippen MR) is 116 cm³/mol. The molecule has 0 atom stereocenters. The van der Waals surface area contributed by atoms with Gasteiger partial charge in [-0.25, -0.2) is 0 Å². The van der Waals surface area contributed by atoms with Crippen molar-refractivity contribution in [3.8, 4) is 5.75 Å². The van der Waals surface area contributed by atoms with Crippen molar-refractivity contribution in [1.29, 1.82) is 0 Å². The molecule has 32 heavy (non-hydrogen) atoms. The number of ether oxygens (including phenoxy) is 1. The molecule has 0 bridgehead atoms. The maximum Gasteiger partial charge on any atom is 0.573 e. The number of nitrogens with zero attached hydrogens (tertiary/aromatic N) is 1. The molecule has 2 N–H and O–H groups in total. The SMILES string of the molecule is Cc1cc(C)c(NC(=O)CNC(=O)CN2CCCc3cc(OC(F)(F)F)ccc32)c(C)c1. The number of rotatable bonds is 6. The number of carbonyl (C=O) groups is 2. The molecule has 0 spiro atoms. The molecule has 1 heterocycles. The van der Waals surface area contributed by atoms with Crippen molar-refractivity contribution in [2.75, 3.05) is 29.9 Å². The van der Waals surface area contributed by atoms with Crippen molar-refractivity contribution < 1.29 is 27.5 Å². The van der Waals surface area contributed by atoms with Gasteiger partial charge in [0.2, 0.25) is 11.8 Å². The molecule has 0 radical (unpaired) electrons. The topological polar surface area (TPSA) is 70.7 Å². The first-order chi connectivity index (χ1) is 15.0. The second-order valence-electron chi connectivity index (χ2n) is 7.96. The molecule has 3 rings (SSSR count). The summed E-state index contributed by atoms with van der Waals surface area (Å²) in [5.41, 5.74) is 5.11. The lowest BCUT2D eigenvalue weighted by atomic mass is 10.0. The second-order valence-corrected chi connectivity index (χ2v) is 7.96. The number of benzene rings is 2. The molecule has 0 aromatic heterocycles. The lowest BCUT2D eigenvalue weighted by molar-refractivity contribution is -0.274. The van der Waals surface area contributed by atoms with Crippen molar-refractivity contribution in [1.82, 2.24) is 5.32 Å². The molecular formula is C23H26F3N3O3. The molecule has 6 nitrogen and oxygen atoms in total. The third-order valence-corrected chi connectivity index (χ3v) is 5.22. The first kappa shape index (κ1) is 23.4. The number of hydrogen-bond acceptors (Lipinski definition) is 4. The maximum absolute atomic E-state index is 12.5. The molecule has 0 saturated carbocycles. The Hall–Kier alpha value is -3.23. The Labute approximate surface area is 184 Å². The van der Waals surface area contributed by atoms with Gasteiger partial charge in [-0.2, -0.15) is 0 Å². The van der Waals surface area contributed by atoms with Gasteiger partial charge in [-0.1, -0.05) is 17.7 Å². The van der Waals surface area contributed by atoms with E-state index in [9.17, 15) is 22.8 Å². The van der Waals surface area contributed by atoms with Gasteiger partial charge in [0.05, 0.1) is 13.1 Å². The van der Waals surface area contributed by atoms with Crippen LogP contribution >= 0.6 is 0 Å². The molecule has 0 saturated heterocycles. The number of fused-ring (bicyclic) bond motifs is 1.